The molecule has 0 saturated heterocycles. The zero-order valence-electron chi connectivity index (χ0n) is 9.97. The van der Waals surface area contributed by atoms with E-state index in [4.69, 9.17) is 21.4 Å². The van der Waals surface area contributed by atoms with Gasteiger partial charge < -0.3 is 9.15 Å². The van der Waals surface area contributed by atoms with Crippen molar-refractivity contribution in [3.63, 3.8) is 0 Å². The summed E-state index contributed by atoms with van der Waals surface area (Å²) in [7, 11) is 1.63. The van der Waals surface area contributed by atoms with Gasteiger partial charge in [0.1, 0.15) is 0 Å². The van der Waals surface area contributed by atoms with Crippen LogP contribution in [-0.2, 0) is 11.3 Å². The van der Waals surface area contributed by atoms with E-state index in [9.17, 15) is 0 Å². The molecule has 0 saturated carbocycles. The number of H-pyrrole nitrogens is 2. The zero-order chi connectivity index (χ0) is 13.2. The summed E-state index contributed by atoms with van der Waals surface area (Å²) in [6.07, 6.45) is 1.62. The molecule has 0 spiro atoms. The molecule has 19 heavy (non-hydrogen) atoms. The van der Waals surface area contributed by atoms with Crippen LogP contribution in [0.5, 0.6) is 0 Å². The van der Waals surface area contributed by atoms with Crippen molar-refractivity contribution in [1.29, 1.82) is 0 Å². The van der Waals surface area contributed by atoms with Crippen LogP contribution in [0.4, 0.5) is 0 Å². The van der Waals surface area contributed by atoms with Crippen molar-refractivity contribution in [1.82, 2.24) is 20.2 Å². The zero-order valence-corrected chi connectivity index (χ0v) is 11.6. The van der Waals surface area contributed by atoms with Gasteiger partial charge >= 0.3 is 0 Å². The summed E-state index contributed by atoms with van der Waals surface area (Å²) in [6.45, 7) is 0.403. The fourth-order valence-electron chi connectivity index (χ4n) is 1.65. The van der Waals surface area contributed by atoms with Crippen molar-refractivity contribution < 1.29 is 9.15 Å². The van der Waals surface area contributed by atoms with Crippen molar-refractivity contribution >= 4 is 23.6 Å². The van der Waals surface area contributed by atoms with E-state index in [0.717, 1.165) is 21.3 Å². The molecule has 3 aromatic heterocycles. The lowest BCUT2D eigenvalue weighted by Crippen LogP contribution is -1.91. The molecule has 0 aromatic carbocycles. The molecule has 3 heterocycles. The van der Waals surface area contributed by atoms with Gasteiger partial charge in [-0.3, -0.25) is 10.2 Å². The van der Waals surface area contributed by atoms with E-state index in [1.807, 2.05) is 12.1 Å². The quantitative estimate of drug-likeness (QED) is 0.723. The molecule has 0 amide bonds. The molecule has 3 aromatic rings. The van der Waals surface area contributed by atoms with Gasteiger partial charge in [-0.25, -0.2) is 4.98 Å². The van der Waals surface area contributed by atoms with Gasteiger partial charge in [0.05, 0.1) is 23.4 Å². The van der Waals surface area contributed by atoms with E-state index < -0.39 is 0 Å². The fourth-order valence-corrected chi connectivity index (χ4v) is 2.78. The SMILES string of the molecule is COCc1nc(-c2ccco2)sc1-c1nc(=S)[nH][nH]1. The van der Waals surface area contributed by atoms with Crippen LogP contribution in [0.1, 0.15) is 5.69 Å². The standard InChI is InChI=1S/C11H10N4O2S2/c1-16-5-6-8(9-13-11(18)15-14-9)19-10(12-6)7-3-2-4-17-7/h2-4H,5H2,1H3,(H2,13,14,15,18). The summed E-state index contributed by atoms with van der Waals surface area (Å²) < 4.78 is 10.9. The minimum atomic E-state index is 0.403. The van der Waals surface area contributed by atoms with Gasteiger partial charge in [0, 0.05) is 7.11 Å². The second-order valence-corrected chi connectivity index (χ2v) is 5.11. The van der Waals surface area contributed by atoms with Crippen molar-refractivity contribution in [3.8, 4) is 21.5 Å². The highest BCUT2D eigenvalue weighted by Gasteiger charge is 2.17. The van der Waals surface area contributed by atoms with Crippen LogP contribution in [-0.4, -0.2) is 27.3 Å². The molecule has 98 valence electrons. The Bertz CT molecular complexity index is 726. The third-order valence-electron chi connectivity index (χ3n) is 2.43. The van der Waals surface area contributed by atoms with Gasteiger partial charge in [-0.05, 0) is 24.4 Å². The first-order valence-corrected chi connectivity index (χ1v) is 6.68. The number of rotatable bonds is 4. The maximum absolute atomic E-state index is 5.36. The average Bonchev–Trinajstić information content (AvgIpc) is 3.08. The van der Waals surface area contributed by atoms with Gasteiger partial charge in [-0.1, -0.05) is 0 Å². The second-order valence-electron chi connectivity index (χ2n) is 3.72. The summed E-state index contributed by atoms with van der Waals surface area (Å²) in [5.74, 6) is 1.38. The Morgan fingerprint density at radius 2 is 2.32 bits per heavy atom. The summed E-state index contributed by atoms with van der Waals surface area (Å²) in [6, 6.07) is 3.69. The molecule has 0 unspecified atom stereocenters. The number of nitrogens with one attached hydrogen (secondary N) is 2. The molecule has 8 heteroatoms. The molecule has 6 nitrogen and oxygen atoms in total. The predicted molar refractivity (Wildman–Crippen MR) is 73.3 cm³/mol. The first-order chi connectivity index (χ1) is 9.28. The number of hydrogen-bond acceptors (Lipinski definition) is 6. The van der Waals surface area contributed by atoms with E-state index in [2.05, 4.69) is 20.2 Å². The summed E-state index contributed by atoms with van der Waals surface area (Å²) in [5.41, 5.74) is 0.802. The maximum atomic E-state index is 5.36. The first kappa shape index (κ1) is 12.3. The van der Waals surface area contributed by atoms with Crippen LogP contribution in [0.3, 0.4) is 0 Å². The van der Waals surface area contributed by atoms with E-state index in [0.29, 0.717) is 17.2 Å². The lowest BCUT2D eigenvalue weighted by Gasteiger charge is -1.96. The number of ether oxygens (including phenoxy) is 1. The molecule has 0 atom stereocenters. The van der Waals surface area contributed by atoms with E-state index in [1.165, 1.54) is 11.3 Å². The molecular weight excluding hydrogens is 284 g/mol. The van der Waals surface area contributed by atoms with Crippen molar-refractivity contribution in [2.24, 2.45) is 0 Å². The molecule has 0 radical (unpaired) electrons. The van der Waals surface area contributed by atoms with Crippen molar-refractivity contribution in [2.75, 3.05) is 7.11 Å². The Kier molecular flexibility index (Phi) is 3.28. The Labute approximate surface area is 117 Å². The topological polar surface area (TPSA) is 79.7 Å². The molecule has 0 aliphatic rings. The smallest absolute Gasteiger partial charge is 0.213 e. The van der Waals surface area contributed by atoms with Crippen LogP contribution in [0.25, 0.3) is 21.5 Å². The number of aromatic nitrogens is 4. The van der Waals surface area contributed by atoms with Crippen LogP contribution in [0, 0.1) is 4.77 Å². The van der Waals surface area contributed by atoms with Gasteiger partial charge in [0.2, 0.25) is 4.77 Å². The Morgan fingerprint density at radius 3 is 2.95 bits per heavy atom. The molecule has 3 rings (SSSR count). The number of furan rings is 1. The van der Waals surface area contributed by atoms with Crippen LogP contribution < -0.4 is 0 Å². The summed E-state index contributed by atoms with van der Waals surface area (Å²) in [5, 5.41) is 6.48. The van der Waals surface area contributed by atoms with Gasteiger partial charge in [-0.2, -0.15) is 4.98 Å². The number of hydrogen-bond donors (Lipinski definition) is 2. The van der Waals surface area contributed by atoms with E-state index in [-0.39, 0.29) is 0 Å². The van der Waals surface area contributed by atoms with Crippen molar-refractivity contribution in [2.45, 2.75) is 6.61 Å². The summed E-state index contributed by atoms with van der Waals surface area (Å²) in [4.78, 5) is 9.62. The number of nitrogens with zero attached hydrogens (tertiary/aromatic N) is 2. The normalized spacial score (nSPS) is 11.0. The number of methoxy groups -OCH3 is 1. The van der Waals surface area contributed by atoms with Crippen LogP contribution in [0.2, 0.25) is 0 Å². The van der Waals surface area contributed by atoms with Gasteiger partial charge in [0.15, 0.2) is 16.6 Å². The predicted octanol–water partition coefficient (Wildman–Crippen LogP) is 3.00. The molecule has 0 aliphatic heterocycles. The Morgan fingerprint density at radius 1 is 1.42 bits per heavy atom. The van der Waals surface area contributed by atoms with Gasteiger partial charge in [-0.15, -0.1) is 11.3 Å². The molecule has 0 aliphatic carbocycles. The Balaban J connectivity index is 2.09. The lowest BCUT2D eigenvalue weighted by molar-refractivity contribution is 0.182. The van der Waals surface area contributed by atoms with Crippen LogP contribution in [0.15, 0.2) is 22.8 Å². The highest BCUT2D eigenvalue weighted by Crippen LogP contribution is 2.34. The average molecular weight is 294 g/mol. The first-order valence-electron chi connectivity index (χ1n) is 5.45. The monoisotopic (exact) mass is 294 g/mol. The largest absolute Gasteiger partial charge is 0.462 e. The number of thiazole rings is 1. The minimum Gasteiger partial charge on any atom is -0.462 e. The molecule has 0 bridgehead atoms. The lowest BCUT2D eigenvalue weighted by atomic mass is 10.3. The van der Waals surface area contributed by atoms with E-state index >= 15 is 0 Å². The maximum Gasteiger partial charge on any atom is 0.213 e. The second kappa shape index (κ2) is 5.08. The number of aromatic amines is 2. The molecular formula is C11H10N4O2S2. The van der Waals surface area contributed by atoms with Crippen LogP contribution >= 0.6 is 23.6 Å². The highest BCUT2D eigenvalue weighted by molar-refractivity contribution is 7.71. The molecule has 0 fully saturated rings. The summed E-state index contributed by atoms with van der Waals surface area (Å²) >= 11 is 6.44. The third-order valence-corrected chi connectivity index (χ3v) is 3.74. The van der Waals surface area contributed by atoms with Crippen molar-refractivity contribution in [3.05, 3.63) is 28.9 Å². The van der Waals surface area contributed by atoms with E-state index in [1.54, 1.807) is 13.4 Å². The Hall–Kier alpha value is -1.77. The molecule has 2 N–H and O–H groups in total. The van der Waals surface area contributed by atoms with Gasteiger partial charge in [0.25, 0.3) is 0 Å². The third kappa shape index (κ3) is 2.37. The minimum absolute atomic E-state index is 0.403. The highest BCUT2D eigenvalue weighted by atomic mass is 32.1. The fraction of sp³-hybridized carbons (Fsp3) is 0.182.